The molecule has 0 aliphatic carbocycles. The van der Waals surface area contributed by atoms with Gasteiger partial charge in [0.25, 0.3) is 0 Å². The van der Waals surface area contributed by atoms with Gasteiger partial charge in [-0.1, -0.05) is 0 Å². The van der Waals surface area contributed by atoms with Crippen LogP contribution in [0.15, 0.2) is 22.9 Å². The van der Waals surface area contributed by atoms with Crippen LogP contribution in [0, 0.1) is 0 Å². The Morgan fingerprint density at radius 1 is 1.50 bits per heavy atom. The third kappa shape index (κ3) is 3.30. The Hall–Kier alpha value is -0.450. The Labute approximate surface area is 80.1 Å². The maximum absolute atomic E-state index is 5.27. The number of nitrogens with zero attached hydrogens (tertiary/aromatic N) is 1. The summed E-state index contributed by atoms with van der Waals surface area (Å²) in [5, 5.41) is 0. The Balaban J connectivity index is 2.41. The Morgan fingerprint density at radius 3 is 3.00 bits per heavy atom. The summed E-state index contributed by atoms with van der Waals surface area (Å²) in [7, 11) is 0. The van der Waals surface area contributed by atoms with Crippen molar-refractivity contribution in [2.75, 3.05) is 13.2 Å². The molecule has 0 atom stereocenters. The zero-order valence-corrected chi connectivity index (χ0v) is 8.25. The van der Waals surface area contributed by atoms with Crippen LogP contribution in [0.2, 0.25) is 0 Å². The zero-order chi connectivity index (χ0) is 8.81. The Bertz CT molecular complexity index is 242. The van der Waals surface area contributed by atoms with Crippen LogP contribution < -0.4 is 5.73 Å². The van der Waals surface area contributed by atoms with Crippen molar-refractivity contribution in [2.45, 2.75) is 6.61 Å². The number of hydrogen-bond donors (Lipinski definition) is 1. The van der Waals surface area contributed by atoms with Crippen molar-refractivity contribution in [3.63, 3.8) is 0 Å². The quantitative estimate of drug-likeness (QED) is 0.795. The van der Waals surface area contributed by atoms with Gasteiger partial charge in [0.1, 0.15) is 0 Å². The van der Waals surface area contributed by atoms with E-state index in [2.05, 4.69) is 20.9 Å². The van der Waals surface area contributed by atoms with E-state index in [1.807, 2.05) is 6.07 Å². The monoisotopic (exact) mass is 230 g/mol. The number of halogens is 1. The number of ether oxygens (including phenoxy) is 1. The lowest BCUT2D eigenvalue weighted by atomic mass is 10.3. The SMILES string of the molecule is NCCOCc1cncc(Br)c1. The van der Waals surface area contributed by atoms with Gasteiger partial charge in [0.15, 0.2) is 0 Å². The second-order valence-electron chi connectivity index (χ2n) is 2.35. The van der Waals surface area contributed by atoms with E-state index < -0.39 is 0 Å². The van der Waals surface area contributed by atoms with Crippen LogP contribution in [0.4, 0.5) is 0 Å². The van der Waals surface area contributed by atoms with Crippen LogP contribution in [0.25, 0.3) is 0 Å². The molecule has 0 unspecified atom stereocenters. The number of rotatable bonds is 4. The summed E-state index contributed by atoms with van der Waals surface area (Å²) in [6.45, 7) is 1.72. The Kier molecular flexibility index (Phi) is 4.21. The van der Waals surface area contributed by atoms with E-state index in [1.165, 1.54) is 0 Å². The first-order valence-electron chi connectivity index (χ1n) is 3.70. The van der Waals surface area contributed by atoms with Gasteiger partial charge >= 0.3 is 0 Å². The molecule has 3 nitrogen and oxygen atoms in total. The van der Waals surface area contributed by atoms with Crippen LogP contribution >= 0.6 is 15.9 Å². The van der Waals surface area contributed by atoms with Gasteiger partial charge in [0, 0.05) is 23.4 Å². The molecule has 0 fully saturated rings. The molecule has 0 bridgehead atoms. The maximum atomic E-state index is 5.27. The van der Waals surface area contributed by atoms with E-state index in [0.717, 1.165) is 10.0 Å². The molecule has 1 aromatic heterocycles. The van der Waals surface area contributed by atoms with Crippen LogP contribution in [-0.4, -0.2) is 18.1 Å². The van der Waals surface area contributed by atoms with Crippen molar-refractivity contribution >= 4 is 15.9 Å². The number of hydrogen-bond acceptors (Lipinski definition) is 3. The molecule has 0 aliphatic heterocycles. The van der Waals surface area contributed by atoms with E-state index >= 15 is 0 Å². The molecule has 0 radical (unpaired) electrons. The second kappa shape index (κ2) is 5.24. The van der Waals surface area contributed by atoms with Crippen LogP contribution in [0.5, 0.6) is 0 Å². The van der Waals surface area contributed by atoms with E-state index in [-0.39, 0.29) is 0 Å². The normalized spacial score (nSPS) is 10.2. The average Bonchev–Trinajstić information content (AvgIpc) is 2.05. The molecule has 1 rings (SSSR count). The third-order valence-electron chi connectivity index (χ3n) is 1.29. The van der Waals surface area contributed by atoms with Crippen molar-refractivity contribution in [1.29, 1.82) is 0 Å². The number of aromatic nitrogens is 1. The zero-order valence-electron chi connectivity index (χ0n) is 6.66. The minimum Gasteiger partial charge on any atom is -0.375 e. The molecule has 0 saturated carbocycles. The van der Waals surface area contributed by atoms with E-state index in [1.54, 1.807) is 12.4 Å². The molecule has 2 N–H and O–H groups in total. The molecule has 12 heavy (non-hydrogen) atoms. The highest BCUT2D eigenvalue weighted by atomic mass is 79.9. The predicted octanol–water partition coefficient (Wildman–Crippen LogP) is 1.32. The van der Waals surface area contributed by atoms with Crippen molar-refractivity contribution in [1.82, 2.24) is 4.98 Å². The minimum atomic E-state index is 0.557. The molecule has 1 aromatic rings. The first kappa shape index (κ1) is 9.64. The van der Waals surface area contributed by atoms with Gasteiger partial charge in [0.05, 0.1) is 13.2 Å². The third-order valence-corrected chi connectivity index (χ3v) is 1.73. The molecular formula is C8H11BrN2O. The van der Waals surface area contributed by atoms with Gasteiger partial charge in [-0.2, -0.15) is 0 Å². The van der Waals surface area contributed by atoms with Crippen LogP contribution in [0.3, 0.4) is 0 Å². The molecule has 0 saturated heterocycles. The van der Waals surface area contributed by atoms with Crippen molar-refractivity contribution < 1.29 is 4.74 Å². The summed E-state index contributed by atoms with van der Waals surface area (Å²) < 4.78 is 6.21. The minimum absolute atomic E-state index is 0.557. The maximum Gasteiger partial charge on any atom is 0.0732 e. The van der Waals surface area contributed by atoms with Gasteiger partial charge in [0.2, 0.25) is 0 Å². The average molecular weight is 231 g/mol. The predicted molar refractivity (Wildman–Crippen MR) is 50.6 cm³/mol. The highest BCUT2D eigenvalue weighted by Crippen LogP contribution is 2.09. The van der Waals surface area contributed by atoms with Gasteiger partial charge in [-0.25, -0.2) is 0 Å². The van der Waals surface area contributed by atoms with Crippen molar-refractivity contribution in [3.8, 4) is 0 Å². The van der Waals surface area contributed by atoms with E-state index in [0.29, 0.717) is 19.8 Å². The Morgan fingerprint density at radius 2 is 2.33 bits per heavy atom. The lowest BCUT2D eigenvalue weighted by Gasteiger charge is -2.01. The molecule has 0 amide bonds. The highest BCUT2D eigenvalue weighted by Gasteiger charge is 1.93. The lowest BCUT2D eigenvalue weighted by molar-refractivity contribution is 0.128. The fourth-order valence-corrected chi connectivity index (χ4v) is 1.22. The van der Waals surface area contributed by atoms with Gasteiger partial charge in [-0.15, -0.1) is 0 Å². The summed E-state index contributed by atoms with van der Waals surface area (Å²) in [5.41, 5.74) is 6.33. The highest BCUT2D eigenvalue weighted by molar-refractivity contribution is 9.10. The smallest absolute Gasteiger partial charge is 0.0732 e. The van der Waals surface area contributed by atoms with E-state index in [4.69, 9.17) is 10.5 Å². The summed E-state index contributed by atoms with van der Waals surface area (Å²) in [6.07, 6.45) is 3.52. The van der Waals surface area contributed by atoms with Crippen LogP contribution in [-0.2, 0) is 11.3 Å². The second-order valence-corrected chi connectivity index (χ2v) is 3.27. The molecular weight excluding hydrogens is 220 g/mol. The molecule has 0 aromatic carbocycles. The van der Waals surface area contributed by atoms with E-state index in [9.17, 15) is 0 Å². The first-order valence-corrected chi connectivity index (χ1v) is 4.49. The summed E-state index contributed by atoms with van der Waals surface area (Å²) in [6, 6.07) is 1.98. The number of pyridine rings is 1. The van der Waals surface area contributed by atoms with Crippen LogP contribution in [0.1, 0.15) is 5.56 Å². The molecule has 4 heteroatoms. The first-order chi connectivity index (χ1) is 5.83. The summed E-state index contributed by atoms with van der Waals surface area (Å²) >= 11 is 3.33. The standard InChI is InChI=1S/C8H11BrN2O/c9-8-3-7(4-11-5-8)6-12-2-1-10/h3-5H,1-2,6,10H2. The molecule has 66 valence electrons. The summed E-state index contributed by atoms with van der Waals surface area (Å²) in [4.78, 5) is 4.00. The van der Waals surface area contributed by atoms with Crippen molar-refractivity contribution in [3.05, 3.63) is 28.5 Å². The fourth-order valence-electron chi connectivity index (χ4n) is 0.808. The van der Waals surface area contributed by atoms with Crippen molar-refractivity contribution in [2.24, 2.45) is 5.73 Å². The largest absolute Gasteiger partial charge is 0.375 e. The van der Waals surface area contributed by atoms with Gasteiger partial charge in [-0.3, -0.25) is 4.98 Å². The molecule has 0 spiro atoms. The topological polar surface area (TPSA) is 48.1 Å². The fraction of sp³-hybridized carbons (Fsp3) is 0.375. The number of nitrogens with two attached hydrogens (primary N) is 1. The molecule has 1 heterocycles. The summed E-state index contributed by atoms with van der Waals surface area (Å²) in [5.74, 6) is 0. The van der Waals surface area contributed by atoms with Gasteiger partial charge in [-0.05, 0) is 27.6 Å². The lowest BCUT2D eigenvalue weighted by Crippen LogP contribution is -2.08. The van der Waals surface area contributed by atoms with Gasteiger partial charge < -0.3 is 10.5 Å². The molecule has 0 aliphatic rings.